The topological polar surface area (TPSA) is 51.5 Å². The molecule has 4 heteroatoms. The fourth-order valence-electron chi connectivity index (χ4n) is 1.90. The highest BCUT2D eigenvalue weighted by Gasteiger charge is 2.20. The third-order valence-electron chi connectivity index (χ3n) is 2.90. The second kappa shape index (κ2) is 6.59. The van der Waals surface area contributed by atoms with Crippen molar-refractivity contribution in [1.82, 2.24) is 5.32 Å². The van der Waals surface area contributed by atoms with Crippen LogP contribution in [0.2, 0.25) is 0 Å². The summed E-state index contributed by atoms with van der Waals surface area (Å²) in [6.07, 6.45) is 1.60. The molecule has 0 aliphatic carbocycles. The van der Waals surface area contributed by atoms with E-state index in [9.17, 15) is 4.79 Å². The van der Waals surface area contributed by atoms with E-state index in [-0.39, 0.29) is 24.2 Å². The Morgan fingerprint density at radius 2 is 1.90 bits per heavy atom. The fraction of sp³-hybridized carbons (Fsp3) is 0.353. The van der Waals surface area contributed by atoms with E-state index in [0.29, 0.717) is 5.76 Å². The van der Waals surface area contributed by atoms with Crippen LogP contribution >= 0.6 is 0 Å². The number of amides is 1. The Hall–Kier alpha value is -2.07. The second-order valence-electron chi connectivity index (χ2n) is 5.83. The second-order valence-corrected chi connectivity index (χ2v) is 5.83. The molecule has 0 aliphatic rings. The van der Waals surface area contributed by atoms with Crippen molar-refractivity contribution in [3.63, 3.8) is 0 Å². The van der Waals surface area contributed by atoms with Gasteiger partial charge in [-0.05, 0) is 38.5 Å². The number of furan rings is 1. The van der Waals surface area contributed by atoms with Gasteiger partial charge < -0.3 is 14.5 Å². The van der Waals surface area contributed by atoms with Gasteiger partial charge in [0.25, 0.3) is 0 Å². The summed E-state index contributed by atoms with van der Waals surface area (Å²) in [5.74, 6) is 0.528. The van der Waals surface area contributed by atoms with Crippen LogP contribution in [-0.4, -0.2) is 18.1 Å². The van der Waals surface area contributed by atoms with Gasteiger partial charge in [-0.3, -0.25) is 4.79 Å². The summed E-state index contributed by atoms with van der Waals surface area (Å²) in [5.41, 5.74) is 0.626. The molecule has 21 heavy (non-hydrogen) atoms. The molecule has 2 rings (SSSR count). The van der Waals surface area contributed by atoms with Crippen LogP contribution in [0.15, 0.2) is 53.1 Å². The molecule has 1 aromatic heterocycles. The molecule has 0 fully saturated rings. The average Bonchev–Trinajstić information content (AvgIpc) is 2.96. The van der Waals surface area contributed by atoms with Crippen molar-refractivity contribution in [2.45, 2.75) is 32.4 Å². The lowest BCUT2D eigenvalue weighted by Crippen LogP contribution is -2.35. The number of nitrogens with one attached hydrogen (secondary N) is 1. The zero-order valence-corrected chi connectivity index (χ0v) is 12.6. The average molecular weight is 287 g/mol. The van der Waals surface area contributed by atoms with Crippen LogP contribution in [0.25, 0.3) is 0 Å². The predicted molar refractivity (Wildman–Crippen MR) is 80.8 cm³/mol. The Kier molecular flexibility index (Phi) is 4.81. The molecule has 1 aromatic carbocycles. The summed E-state index contributed by atoms with van der Waals surface area (Å²) in [4.78, 5) is 12.1. The number of hydrogen-bond donors (Lipinski definition) is 1. The molecule has 1 unspecified atom stereocenters. The van der Waals surface area contributed by atoms with Gasteiger partial charge in [0, 0.05) is 0 Å². The first-order valence-corrected chi connectivity index (χ1v) is 6.97. The van der Waals surface area contributed by atoms with Crippen molar-refractivity contribution < 1.29 is 13.9 Å². The zero-order chi connectivity index (χ0) is 15.3. The third kappa shape index (κ3) is 4.76. The van der Waals surface area contributed by atoms with Gasteiger partial charge in [-0.1, -0.05) is 30.3 Å². The Balaban J connectivity index is 2.09. The summed E-state index contributed by atoms with van der Waals surface area (Å²) >= 11 is 0. The van der Waals surface area contributed by atoms with Gasteiger partial charge in [0.05, 0.1) is 11.9 Å². The summed E-state index contributed by atoms with van der Waals surface area (Å²) in [6, 6.07) is 13.1. The van der Waals surface area contributed by atoms with Gasteiger partial charge in [0.1, 0.15) is 18.4 Å². The van der Waals surface area contributed by atoms with Crippen LogP contribution in [0.1, 0.15) is 38.1 Å². The van der Waals surface area contributed by atoms with E-state index in [0.717, 1.165) is 5.56 Å². The highest BCUT2D eigenvalue weighted by molar-refractivity contribution is 5.78. The standard InChI is InChI=1S/C17H21NO3/c1-17(2,3)21-12-15(19)18-16(14-10-7-11-20-14)13-8-5-4-6-9-13/h4-11,16H,12H2,1-3H3,(H,18,19). The molecule has 1 heterocycles. The van der Waals surface area contributed by atoms with E-state index in [2.05, 4.69) is 5.32 Å². The molecule has 0 saturated heterocycles. The molecule has 0 saturated carbocycles. The highest BCUT2D eigenvalue weighted by atomic mass is 16.5. The summed E-state index contributed by atoms with van der Waals surface area (Å²) in [7, 11) is 0. The predicted octanol–water partition coefficient (Wildman–Crippen LogP) is 3.30. The van der Waals surface area contributed by atoms with Crippen LogP contribution in [0.5, 0.6) is 0 Å². The SMILES string of the molecule is CC(C)(C)OCC(=O)NC(c1ccccc1)c1ccco1. The zero-order valence-electron chi connectivity index (χ0n) is 12.6. The quantitative estimate of drug-likeness (QED) is 0.918. The van der Waals surface area contributed by atoms with E-state index >= 15 is 0 Å². The molecule has 1 N–H and O–H groups in total. The maximum Gasteiger partial charge on any atom is 0.246 e. The minimum absolute atomic E-state index is 0.0214. The van der Waals surface area contributed by atoms with Gasteiger partial charge in [0.15, 0.2) is 0 Å². The third-order valence-corrected chi connectivity index (χ3v) is 2.90. The molecule has 0 bridgehead atoms. The summed E-state index contributed by atoms with van der Waals surface area (Å²) in [6.45, 7) is 5.78. The summed E-state index contributed by atoms with van der Waals surface area (Å²) < 4.78 is 10.9. The number of carbonyl (C=O) groups is 1. The van der Waals surface area contributed by atoms with Crippen molar-refractivity contribution in [2.75, 3.05) is 6.61 Å². The molecule has 2 aromatic rings. The molecule has 0 radical (unpaired) electrons. The van der Waals surface area contributed by atoms with Gasteiger partial charge in [0.2, 0.25) is 5.91 Å². The molecule has 0 spiro atoms. The minimum Gasteiger partial charge on any atom is -0.467 e. The molecule has 4 nitrogen and oxygen atoms in total. The highest BCUT2D eigenvalue weighted by Crippen LogP contribution is 2.22. The smallest absolute Gasteiger partial charge is 0.246 e. The van der Waals surface area contributed by atoms with Crippen LogP contribution in [0.4, 0.5) is 0 Å². The Labute approximate surface area is 125 Å². The van der Waals surface area contributed by atoms with Crippen LogP contribution in [-0.2, 0) is 9.53 Å². The van der Waals surface area contributed by atoms with Crippen molar-refractivity contribution in [2.24, 2.45) is 0 Å². The minimum atomic E-state index is -0.343. The van der Waals surface area contributed by atoms with Crippen LogP contribution < -0.4 is 5.32 Å². The Morgan fingerprint density at radius 3 is 2.48 bits per heavy atom. The van der Waals surface area contributed by atoms with Crippen molar-refractivity contribution in [1.29, 1.82) is 0 Å². The first-order valence-electron chi connectivity index (χ1n) is 6.97. The lowest BCUT2D eigenvalue weighted by atomic mass is 10.0. The normalized spacial score (nSPS) is 12.9. The largest absolute Gasteiger partial charge is 0.467 e. The lowest BCUT2D eigenvalue weighted by molar-refractivity contribution is -0.131. The van der Waals surface area contributed by atoms with Crippen LogP contribution in [0, 0.1) is 0 Å². The number of rotatable bonds is 5. The van der Waals surface area contributed by atoms with E-state index < -0.39 is 0 Å². The van der Waals surface area contributed by atoms with E-state index in [1.807, 2.05) is 63.2 Å². The fourth-order valence-corrected chi connectivity index (χ4v) is 1.90. The number of carbonyl (C=O) groups excluding carboxylic acids is 1. The monoisotopic (exact) mass is 287 g/mol. The molecule has 1 atom stereocenters. The van der Waals surface area contributed by atoms with Crippen molar-refractivity contribution >= 4 is 5.91 Å². The van der Waals surface area contributed by atoms with Gasteiger partial charge in [-0.2, -0.15) is 0 Å². The van der Waals surface area contributed by atoms with Gasteiger partial charge in [-0.25, -0.2) is 0 Å². The number of ether oxygens (including phenoxy) is 1. The van der Waals surface area contributed by atoms with E-state index in [1.165, 1.54) is 0 Å². The van der Waals surface area contributed by atoms with Crippen molar-refractivity contribution in [3.05, 3.63) is 60.1 Å². The maximum atomic E-state index is 12.1. The Bertz CT molecular complexity index is 555. The van der Waals surface area contributed by atoms with E-state index in [4.69, 9.17) is 9.15 Å². The van der Waals surface area contributed by atoms with Gasteiger partial charge >= 0.3 is 0 Å². The summed E-state index contributed by atoms with van der Waals surface area (Å²) in [5, 5.41) is 2.95. The van der Waals surface area contributed by atoms with E-state index in [1.54, 1.807) is 6.26 Å². The maximum absolute atomic E-state index is 12.1. The molecule has 1 amide bonds. The molecule has 0 aliphatic heterocycles. The van der Waals surface area contributed by atoms with Crippen LogP contribution in [0.3, 0.4) is 0 Å². The molecular weight excluding hydrogens is 266 g/mol. The first kappa shape index (κ1) is 15.3. The molecule has 112 valence electrons. The van der Waals surface area contributed by atoms with Gasteiger partial charge in [-0.15, -0.1) is 0 Å². The molecular formula is C17H21NO3. The first-order chi connectivity index (χ1) is 9.96. The Morgan fingerprint density at radius 1 is 1.19 bits per heavy atom. The van der Waals surface area contributed by atoms with Crippen molar-refractivity contribution in [3.8, 4) is 0 Å². The number of benzene rings is 1. The number of hydrogen-bond acceptors (Lipinski definition) is 3. The lowest BCUT2D eigenvalue weighted by Gasteiger charge is -2.21.